The van der Waals surface area contributed by atoms with E-state index >= 15 is 0 Å². The van der Waals surface area contributed by atoms with E-state index in [2.05, 4.69) is 4.98 Å². The number of nitrogens with zero attached hydrogens (tertiary/aromatic N) is 2. The van der Waals surface area contributed by atoms with Crippen molar-refractivity contribution in [3.05, 3.63) is 65.0 Å². The molecule has 0 radical (unpaired) electrons. The average Bonchev–Trinajstić information content (AvgIpc) is 2.65. The van der Waals surface area contributed by atoms with Gasteiger partial charge in [0.25, 0.3) is 5.56 Å². The minimum Gasteiger partial charge on any atom is -0.491 e. The van der Waals surface area contributed by atoms with Gasteiger partial charge in [-0.3, -0.25) is 9.36 Å². The molecule has 0 saturated heterocycles. The minimum absolute atomic E-state index is 0.0141. The smallest absolute Gasteiger partial charge is 0.262 e. The van der Waals surface area contributed by atoms with Gasteiger partial charge < -0.3 is 9.84 Å². The molecule has 3 aromatic rings. The molecule has 26 heavy (non-hydrogen) atoms. The summed E-state index contributed by atoms with van der Waals surface area (Å²) in [7, 11) is 0. The zero-order chi connectivity index (χ0) is 18.5. The lowest BCUT2D eigenvalue weighted by molar-refractivity contribution is 0.126. The van der Waals surface area contributed by atoms with Crippen LogP contribution < -0.4 is 10.3 Å². The van der Waals surface area contributed by atoms with Crippen molar-refractivity contribution < 1.29 is 9.84 Å². The summed E-state index contributed by atoms with van der Waals surface area (Å²) >= 11 is 1.37. The van der Waals surface area contributed by atoms with E-state index in [9.17, 15) is 9.90 Å². The highest BCUT2D eigenvalue weighted by molar-refractivity contribution is 7.99. The van der Waals surface area contributed by atoms with Crippen LogP contribution in [0.25, 0.3) is 10.9 Å². The third-order valence-corrected chi connectivity index (χ3v) is 4.98. The van der Waals surface area contributed by atoms with Crippen LogP contribution >= 0.6 is 11.8 Å². The molecule has 6 heteroatoms. The molecule has 0 aliphatic heterocycles. The number of aromatic nitrogens is 2. The zero-order valence-corrected chi connectivity index (χ0v) is 15.6. The summed E-state index contributed by atoms with van der Waals surface area (Å²) in [4.78, 5) is 17.4. The second-order valence-electron chi connectivity index (χ2n) is 6.27. The van der Waals surface area contributed by atoms with Gasteiger partial charge in [0, 0.05) is 11.8 Å². The first-order chi connectivity index (χ1) is 12.6. The summed E-state index contributed by atoms with van der Waals surface area (Å²) in [5, 5.41) is 11.4. The van der Waals surface area contributed by atoms with Crippen molar-refractivity contribution in [2.24, 2.45) is 0 Å². The van der Waals surface area contributed by atoms with Gasteiger partial charge >= 0.3 is 0 Å². The van der Waals surface area contributed by atoms with Crippen molar-refractivity contribution in [1.29, 1.82) is 0 Å². The topological polar surface area (TPSA) is 64.3 Å². The molecule has 0 spiro atoms. The molecule has 1 N–H and O–H groups in total. The van der Waals surface area contributed by atoms with E-state index in [1.165, 1.54) is 11.8 Å². The lowest BCUT2D eigenvalue weighted by Gasteiger charge is -2.17. The summed E-state index contributed by atoms with van der Waals surface area (Å²) in [6.45, 7) is 4.10. The number of aliphatic hydroxyl groups excluding tert-OH is 1. The first-order valence-corrected chi connectivity index (χ1v) is 9.55. The Morgan fingerprint density at radius 2 is 1.81 bits per heavy atom. The van der Waals surface area contributed by atoms with Crippen molar-refractivity contribution in [2.75, 3.05) is 12.4 Å². The molecular formula is C20H22N2O3S. The standard InChI is InChI=1S/C20H22N2O3S/c1-14(2)22-19(24)17-10-6-7-11-18(17)21-20(22)26-13-15(23)12-25-16-8-4-3-5-9-16/h3-11,14-15,23H,12-13H2,1-2H3/t15-/m0/s1. The Morgan fingerprint density at radius 3 is 2.54 bits per heavy atom. The van der Waals surface area contributed by atoms with Gasteiger partial charge in [-0.25, -0.2) is 4.98 Å². The maximum Gasteiger partial charge on any atom is 0.262 e. The fraction of sp³-hybridized carbons (Fsp3) is 0.300. The molecule has 1 atom stereocenters. The number of rotatable bonds is 7. The molecule has 136 valence electrons. The van der Waals surface area contributed by atoms with Gasteiger partial charge in [-0.15, -0.1) is 0 Å². The zero-order valence-electron chi connectivity index (χ0n) is 14.8. The first kappa shape index (κ1) is 18.5. The third kappa shape index (κ3) is 4.26. The van der Waals surface area contributed by atoms with E-state index in [1.54, 1.807) is 10.6 Å². The second kappa shape index (κ2) is 8.38. The summed E-state index contributed by atoms with van der Waals surface area (Å²) in [5.74, 6) is 1.11. The van der Waals surface area contributed by atoms with Gasteiger partial charge in [0.1, 0.15) is 12.4 Å². The maximum absolute atomic E-state index is 12.8. The number of benzene rings is 2. The Bertz CT molecular complexity index is 925. The first-order valence-electron chi connectivity index (χ1n) is 8.56. The number of ether oxygens (including phenoxy) is 1. The number of thioether (sulfide) groups is 1. The van der Waals surface area contributed by atoms with Crippen LogP contribution in [0.2, 0.25) is 0 Å². The van der Waals surface area contributed by atoms with E-state index in [1.807, 2.05) is 62.4 Å². The van der Waals surface area contributed by atoms with Gasteiger partial charge in [0.2, 0.25) is 0 Å². The van der Waals surface area contributed by atoms with Crippen molar-refractivity contribution in [3.63, 3.8) is 0 Å². The largest absolute Gasteiger partial charge is 0.491 e. The highest BCUT2D eigenvalue weighted by Gasteiger charge is 2.15. The number of hydrogen-bond acceptors (Lipinski definition) is 5. The van der Waals surface area contributed by atoms with Crippen molar-refractivity contribution in [2.45, 2.75) is 31.1 Å². The minimum atomic E-state index is -0.663. The SMILES string of the molecule is CC(C)n1c(SC[C@@H](O)COc2ccccc2)nc2ccccc2c1=O. The highest BCUT2D eigenvalue weighted by Crippen LogP contribution is 2.21. The van der Waals surface area contributed by atoms with E-state index in [0.29, 0.717) is 21.8 Å². The predicted molar refractivity (Wildman–Crippen MR) is 105 cm³/mol. The van der Waals surface area contributed by atoms with Crippen LogP contribution in [0.15, 0.2) is 64.5 Å². The molecule has 5 nitrogen and oxygen atoms in total. The van der Waals surface area contributed by atoms with Gasteiger partial charge in [-0.05, 0) is 38.1 Å². The Labute approximate surface area is 156 Å². The third-order valence-electron chi connectivity index (χ3n) is 3.88. The number of para-hydroxylation sites is 2. The Morgan fingerprint density at radius 1 is 1.12 bits per heavy atom. The summed E-state index contributed by atoms with van der Waals surface area (Å²) in [5.41, 5.74) is 0.620. The summed E-state index contributed by atoms with van der Waals surface area (Å²) in [6.07, 6.45) is -0.663. The Balaban J connectivity index is 1.73. The van der Waals surface area contributed by atoms with Crippen LogP contribution in [0, 0.1) is 0 Å². The monoisotopic (exact) mass is 370 g/mol. The van der Waals surface area contributed by atoms with Crippen molar-refractivity contribution in [1.82, 2.24) is 9.55 Å². The van der Waals surface area contributed by atoms with Crippen LogP contribution in [0.5, 0.6) is 5.75 Å². The van der Waals surface area contributed by atoms with Gasteiger partial charge in [0.05, 0.1) is 17.0 Å². The van der Waals surface area contributed by atoms with E-state index in [0.717, 1.165) is 5.75 Å². The van der Waals surface area contributed by atoms with E-state index < -0.39 is 6.10 Å². The maximum atomic E-state index is 12.8. The van der Waals surface area contributed by atoms with Gasteiger partial charge in [-0.1, -0.05) is 42.1 Å². The Kier molecular flexibility index (Phi) is 5.96. The van der Waals surface area contributed by atoms with Crippen LogP contribution in [-0.2, 0) is 0 Å². The Hall–Kier alpha value is -2.31. The van der Waals surface area contributed by atoms with Crippen molar-refractivity contribution in [3.8, 4) is 5.75 Å². The lowest BCUT2D eigenvalue weighted by Crippen LogP contribution is -2.26. The molecule has 0 fully saturated rings. The molecule has 0 bridgehead atoms. The number of aliphatic hydroxyl groups is 1. The molecule has 1 aromatic heterocycles. The normalized spacial score (nSPS) is 12.5. The molecule has 0 aliphatic carbocycles. The van der Waals surface area contributed by atoms with Gasteiger partial charge in [0.15, 0.2) is 5.16 Å². The predicted octanol–water partition coefficient (Wildman–Crippen LogP) is 3.51. The molecule has 2 aromatic carbocycles. The highest BCUT2D eigenvalue weighted by atomic mass is 32.2. The number of fused-ring (bicyclic) bond motifs is 1. The molecule has 3 rings (SSSR count). The van der Waals surface area contributed by atoms with Crippen molar-refractivity contribution >= 4 is 22.7 Å². The molecule has 0 aliphatic rings. The molecular weight excluding hydrogens is 348 g/mol. The molecule has 1 heterocycles. The molecule has 0 unspecified atom stereocenters. The average molecular weight is 370 g/mol. The van der Waals surface area contributed by atoms with Crippen LogP contribution in [0.3, 0.4) is 0 Å². The van der Waals surface area contributed by atoms with E-state index in [4.69, 9.17) is 4.74 Å². The lowest BCUT2D eigenvalue weighted by atomic mass is 10.2. The van der Waals surface area contributed by atoms with Gasteiger partial charge in [-0.2, -0.15) is 0 Å². The summed E-state index contributed by atoms with van der Waals surface area (Å²) < 4.78 is 7.25. The fourth-order valence-electron chi connectivity index (χ4n) is 2.61. The second-order valence-corrected chi connectivity index (χ2v) is 7.26. The summed E-state index contributed by atoms with van der Waals surface area (Å²) in [6, 6.07) is 16.7. The number of hydrogen-bond donors (Lipinski definition) is 1. The molecule has 0 saturated carbocycles. The van der Waals surface area contributed by atoms with Crippen LogP contribution in [0.1, 0.15) is 19.9 Å². The van der Waals surface area contributed by atoms with E-state index in [-0.39, 0.29) is 18.2 Å². The van der Waals surface area contributed by atoms with Crippen LogP contribution in [0.4, 0.5) is 0 Å². The van der Waals surface area contributed by atoms with Crippen LogP contribution in [-0.4, -0.2) is 33.1 Å². The quantitative estimate of drug-likeness (QED) is 0.509. The molecule has 0 amide bonds. The fourth-order valence-corrected chi connectivity index (χ4v) is 3.64.